The SMILES string of the molecule is O=C([O-])c1cc(NN=Nc2ccc(Br)cc2)cc([N+](=O)[O-])c1. The number of carboxylic acids is 1. The van der Waals surface area contributed by atoms with Crippen LogP contribution in [0, 0.1) is 10.1 Å². The monoisotopic (exact) mass is 363 g/mol. The first kappa shape index (κ1) is 15.6. The van der Waals surface area contributed by atoms with Crippen molar-refractivity contribution in [2.24, 2.45) is 10.3 Å². The van der Waals surface area contributed by atoms with Crippen molar-refractivity contribution in [3.05, 3.63) is 62.6 Å². The molecule has 0 amide bonds. The molecule has 22 heavy (non-hydrogen) atoms. The van der Waals surface area contributed by atoms with Crippen molar-refractivity contribution < 1.29 is 14.8 Å². The summed E-state index contributed by atoms with van der Waals surface area (Å²) in [6.07, 6.45) is 0. The summed E-state index contributed by atoms with van der Waals surface area (Å²) in [5, 5.41) is 29.1. The van der Waals surface area contributed by atoms with Crippen LogP contribution >= 0.6 is 15.9 Å². The van der Waals surface area contributed by atoms with E-state index in [0.29, 0.717) is 5.69 Å². The molecule has 8 nitrogen and oxygen atoms in total. The highest BCUT2D eigenvalue weighted by molar-refractivity contribution is 9.10. The number of carbonyl (C=O) groups is 1. The second-order valence-electron chi connectivity index (χ2n) is 4.10. The van der Waals surface area contributed by atoms with Gasteiger partial charge in [-0.1, -0.05) is 21.2 Å². The Morgan fingerprint density at radius 1 is 1.18 bits per heavy atom. The maximum absolute atomic E-state index is 10.8. The van der Waals surface area contributed by atoms with E-state index in [1.807, 2.05) is 0 Å². The summed E-state index contributed by atoms with van der Waals surface area (Å²) < 4.78 is 0.886. The number of aromatic carboxylic acids is 1. The summed E-state index contributed by atoms with van der Waals surface area (Å²) >= 11 is 3.28. The Kier molecular flexibility index (Phi) is 4.79. The minimum Gasteiger partial charge on any atom is -0.545 e. The highest BCUT2D eigenvalue weighted by Crippen LogP contribution is 2.22. The van der Waals surface area contributed by atoms with Gasteiger partial charge in [-0.15, -0.1) is 5.11 Å². The Morgan fingerprint density at radius 2 is 1.86 bits per heavy atom. The lowest BCUT2D eigenvalue weighted by Crippen LogP contribution is -2.22. The van der Waals surface area contributed by atoms with Gasteiger partial charge in [0.2, 0.25) is 0 Å². The van der Waals surface area contributed by atoms with Crippen molar-refractivity contribution in [3.8, 4) is 0 Å². The van der Waals surface area contributed by atoms with Crippen LogP contribution in [-0.2, 0) is 0 Å². The number of nitrogens with zero attached hydrogens (tertiary/aromatic N) is 3. The first-order chi connectivity index (χ1) is 10.5. The van der Waals surface area contributed by atoms with E-state index < -0.39 is 10.9 Å². The zero-order valence-electron chi connectivity index (χ0n) is 10.9. The van der Waals surface area contributed by atoms with Crippen LogP contribution in [0.2, 0.25) is 0 Å². The molecule has 1 N–H and O–H groups in total. The van der Waals surface area contributed by atoms with Gasteiger partial charge in [-0.3, -0.25) is 15.5 Å². The van der Waals surface area contributed by atoms with Gasteiger partial charge in [0.05, 0.1) is 22.3 Å². The number of nitrogens with one attached hydrogen (secondary N) is 1. The molecule has 9 heteroatoms. The first-order valence-corrected chi connectivity index (χ1v) is 6.68. The zero-order chi connectivity index (χ0) is 16.1. The molecule has 0 unspecified atom stereocenters. The van der Waals surface area contributed by atoms with Crippen LogP contribution in [0.3, 0.4) is 0 Å². The van der Waals surface area contributed by atoms with E-state index >= 15 is 0 Å². The van der Waals surface area contributed by atoms with E-state index in [4.69, 9.17) is 0 Å². The molecule has 0 fully saturated rings. The second kappa shape index (κ2) is 6.76. The van der Waals surface area contributed by atoms with E-state index in [2.05, 4.69) is 31.7 Å². The van der Waals surface area contributed by atoms with Crippen molar-refractivity contribution >= 4 is 39.0 Å². The van der Waals surface area contributed by atoms with Crippen LogP contribution in [0.4, 0.5) is 17.1 Å². The largest absolute Gasteiger partial charge is 0.545 e. The van der Waals surface area contributed by atoms with Gasteiger partial charge in [0.1, 0.15) is 0 Å². The van der Waals surface area contributed by atoms with E-state index in [9.17, 15) is 20.0 Å². The molecule has 2 aromatic rings. The molecule has 0 saturated carbocycles. The van der Waals surface area contributed by atoms with Crippen molar-refractivity contribution in [2.75, 3.05) is 5.43 Å². The number of nitro benzene ring substituents is 1. The number of halogens is 1. The maximum Gasteiger partial charge on any atom is 0.272 e. The quantitative estimate of drug-likeness (QED) is 0.497. The summed E-state index contributed by atoms with van der Waals surface area (Å²) in [6, 6.07) is 10.2. The summed E-state index contributed by atoms with van der Waals surface area (Å²) in [5.41, 5.74) is 2.42. The van der Waals surface area contributed by atoms with Gasteiger partial charge in [-0.2, -0.15) is 0 Å². The average molecular weight is 364 g/mol. The van der Waals surface area contributed by atoms with Crippen LogP contribution in [0.25, 0.3) is 0 Å². The third-order valence-electron chi connectivity index (χ3n) is 2.54. The molecule has 2 rings (SSSR count). The number of rotatable bonds is 5. The Bertz CT molecular complexity index is 714. The highest BCUT2D eigenvalue weighted by atomic mass is 79.9. The third-order valence-corrected chi connectivity index (χ3v) is 3.06. The Hall–Kier alpha value is -2.81. The molecule has 0 aliphatic carbocycles. The van der Waals surface area contributed by atoms with Crippen LogP contribution in [-0.4, -0.2) is 10.9 Å². The van der Waals surface area contributed by atoms with Crippen molar-refractivity contribution in [1.82, 2.24) is 0 Å². The minimum atomic E-state index is -1.52. The first-order valence-electron chi connectivity index (χ1n) is 5.89. The number of non-ortho nitro benzene ring substituents is 1. The summed E-state index contributed by atoms with van der Waals surface area (Å²) in [7, 11) is 0. The molecule has 0 saturated heterocycles. The molecule has 0 atom stereocenters. The predicted octanol–water partition coefficient (Wildman–Crippen LogP) is 2.83. The lowest BCUT2D eigenvalue weighted by Gasteiger charge is -2.05. The molecule has 0 aliphatic rings. The molecule has 0 radical (unpaired) electrons. The van der Waals surface area contributed by atoms with Crippen molar-refractivity contribution in [3.63, 3.8) is 0 Å². The summed E-state index contributed by atoms with van der Waals surface area (Å²) in [4.78, 5) is 20.9. The minimum absolute atomic E-state index is 0.120. The van der Waals surface area contributed by atoms with E-state index in [1.54, 1.807) is 24.3 Å². The number of hydrogen-bond acceptors (Lipinski definition) is 6. The number of benzene rings is 2. The lowest BCUT2D eigenvalue weighted by atomic mass is 10.2. The fraction of sp³-hybridized carbons (Fsp3) is 0. The summed E-state index contributed by atoms with van der Waals surface area (Å²) in [6.45, 7) is 0. The molecule has 0 spiro atoms. The van der Waals surface area contributed by atoms with Gasteiger partial charge >= 0.3 is 0 Å². The van der Waals surface area contributed by atoms with E-state index in [0.717, 1.165) is 16.6 Å². The van der Waals surface area contributed by atoms with Crippen LogP contribution in [0.1, 0.15) is 10.4 Å². The summed E-state index contributed by atoms with van der Waals surface area (Å²) in [5.74, 6) is -1.52. The van der Waals surface area contributed by atoms with E-state index in [-0.39, 0.29) is 16.9 Å². The van der Waals surface area contributed by atoms with E-state index in [1.165, 1.54) is 6.07 Å². The van der Waals surface area contributed by atoms with Gasteiger partial charge < -0.3 is 9.90 Å². The van der Waals surface area contributed by atoms with Gasteiger partial charge in [-0.25, -0.2) is 0 Å². The fourth-order valence-electron chi connectivity index (χ4n) is 1.55. The standard InChI is InChI=1S/C13H9BrN4O4/c14-9-1-3-10(4-2-9)15-17-16-11-5-8(13(19)20)6-12(7-11)18(21)22/h1-7H,(H,15,16)(H,19,20)/p-1. The second-order valence-corrected chi connectivity index (χ2v) is 5.02. The zero-order valence-corrected chi connectivity index (χ0v) is 12.5. The van der Waals surface area contributed by atoms with Crippen LogP contribution < -0.4 is 10.5 Å². The number of carboxylic acid groups (broad SMARTS) is 1. The van der Waals surface area contributed by atoms with Crippen molar-refractivity contribution in [2.45, 2.75) is 0 Å². The number of carbonyl (C=O) groups excluding carboxylic acids is 1. The molecule has 0 aromatic heterocycles. The average Bonchev–Trinajstić information content (AvgIpc) is 2.49. The topological polar surface area (TPSA) is 120 Å². The Morgan fingerprint density at radius 3 is 2.45 bits per heavy atom. The molecular formula is C13H8BrN4O4-. The van der Waals surface area contributed by atoms with Gasteiger partial charge in [0.15, 0.2) is 0 Å². The molecule has 0 bridgehead atoms. The molecule has 0 aliphatic heterocycles. The van der Waals surface area contributed by atoms with Gasteiger partial charge in [0, 0.05) is 22.2 Å². The van der Waals surface area contributed by atoms with Gasteiger partial charge in [0.25, 0.3) is 5.69 Å². The Balaban J connectivity index is 2.19. The molecule has 2 aromatic carbocycles. The molecule has 112 valence electrons. The van der Waals surface area contributed by atoms with Crippen LogP contribution in [0.5, 0.6) is 0 Å². The number of anilines is 1. The smallest absolute Gasteiger partial charge is 0.272 e. The highest BCUT2D eigenvalue weighted by Gasteiger charge is 2.10. The lowest BCUT2D eigenvalue weighted by molar-refractivity contribution is -0.384. The Labute approximate surface area is 132 Å². The fourth-order valence-corrected chi connectivity index (χ4v) is 1.81. The van der Waals surface area contributed by atoms with Gasteiger partial charge in [-0.05, 0) is 30.3 Å². The number of nitro groups is 1. The van der Waals surface area contributed by atoms with Crippen LogP contribution in [0.15, 0.2) is 57.3 Å². The maximum atomic E-state index is 10.8. The van der Waals surface area contributed by atoms with Crippen molar-refractivity contribution in [1.29, 1.82) is 0 Å². The molecule has 0 heterocycles. The molecular weight excluding hydrogens is 356 g/mol. The predicted molar refractivity (Wildman–Crippen MR) is 79.7 cm³/mol. The normalized spacial score (nSPS) is 10.6. The third kappa shape index (κ3) is 4.09. The number of hydrogen-bond donors (Lipinski definition) is 1.